The Morgan fingerprint density at radius 1 is 1.50 bits per heavy atom. The van der Waals surface area contributed by atoms with Gasteiger partial charge in [-0.25, -0.2) is 0 Å². The highest BCUT2D eigenvalue weighted by Crippen LogP contribution is 2.35. The van der Waals surface area contributed by atoms with Gasteiger partial charge in [-0.2, -0.15) is 0 Å². The SMILES string of the molecule is C/C(=C\Cl)CNC1CCCCC1(C)C. The van der Waals surface area contributed by atoms with Gasteiger partial charge in [-0.15, -0.1) is 0 Å². The molecule has 0 radical (unpaired) electrons. The molecule has 1 rings (SSSR count). The number of halogens is 1. The highest BCUT2D eigenvalue weighted by Gasteiger charge is 2.31. The van der Waals surface area contributed by atoms with Crippen molar-refractivity contribution in [2.45, 2.75) is 52.5 Å². The van der Waals surface area contributed by atoms with Gasteiger partial charge in [-0.05, 0) is 30.8 Å². The monoisotopic (exact) mass is 215 g/mol. The van der Waals surface area contributed by atoms with E-state index in [4.69, 9.17) is 11.6 Å². The minimum atomic E-state index is 0.449. The highest BCUT2D eigenvalue weighted by molar-refractivity contribution is 6.25. The van der Waals surface area contributed by atoms with E-state index in [0.29, 0.717) is 11.5 Å². The van der Waals surface area contributed by atoms with E-state index in [1.165, 1.54) is 31.3 Å². The second-order valence-electron chi connectivity index (χ2n) is 5.12. The zero-order valence-corrected chi connectivity index (χ0v) is 10.3. The van der Waals surface area contributed by atoms with Gasteiger partial charge in [-0.1, -0.05) is 38.3 Å². The van der Waals surface area contributed by atoms with Crippen LogP contribution in [0.5, 0.6) is 0 Å². The summed E-state index contributed by atoms with van der Waals surface area (Å²) in [5, 5.41) is 3.61. The normalized spacial score (nSPS) is 27.7. The molecule has 0 aliphatic heterocycles. The molecule has 1 nitrogen and oxygen atoms in total. The second kappa shape index (κ2) is 5.18. The lowest BCUT2D eigenvalue weighted by atomic mass is 9.73. The zero-order chi connectivity index (χ0) is 10.6. The molecule has 14 heavy (non-hydrogen) atoms. The molecule has 1 aliphatic rings. The molecular weight excluding hydrogens is 194 g/mol. The van der Waals surface area contributed by atoms with Crippen LogP contribution in [0.25, 0.3) is 0 Å². The summed E-state index contributed by atoms with van der Waals surface area (Å²) >= 11 is 5.64. The number of hydrogen-bond acceptors (Lipinski definition) is 1. The number of hydrogen-bond donors (Lipinski definition) is 1. The minimum Gasteiger partial charge on any atom is -0.310 e. The van der Waals surface area contributed by atoms with E-state index in [1.807, 2.05) is 0 Å². The Kier molecular flexibility index (Phi) is 4.46. The molecule has 0 aromatic carbocycles. The lowest BCUT2D eigenvalue weighted by Crippen LogP contribution is -2.44. The molecule has 1 saturated carbocycles. The average molecular weight is 216 g/mol. The van der Waals surface area contributed by atoms with Gasteiger partial charge in [-0.3, -0.25) is 0 Å². The van der Waals surface area contributed by atoms with Crippen LogP contribution in [0.15, 0.2) is 11.1 Å². The predicted octanol–water partition coefficient (Wildman–Crippen LogP) is 3.69. The van der Waals surface area contributed by atoms with Crippen molar-refractivity contribution in [1.82, 2.24) is 5.32 Å². The molecule has 1 aliphatic carbocycles. The van der Waals surface area contributed by atoms with Crippen LogP contribution in [-0.4, -0.2) is 12.6 Å². The Labute approximate surface area is 92.9 Å². The first-order valence-corrected chi connectivity index (χ1v) is 5.99. The van der Waals surface area contributed by atoms with E-state index < -0.39 is 0 Å². The Morgan fingerprint density at radius 3 is 2.79 bits per heavy atom. The molecule has 0 heterocycles. The molecular formula is C12H22ClN. The van der Waals surface area contributed by atoms with Crippen molar-refractivity contribution in [2.75, 3.05) is 6.54 Å². The summed E-state index contributed by atoms with van der Waals surface area (Å²) < 4.78 is 0. The molecule has 0 aromatic rings. The van der Waals surface area contributed by atoms with Crippen LogP contribution < -0.4 is 5.32 Å². The van der Waals surface area contributed by atoms with Crippen LogP contribution in [0.1, 0.15) is 46.5 Å². The third kappa shape index (κ3) is 3.29. The van der Waals surface area contributed by atoms with Gasteiger partial charge in [0.25, 0.3) is 0 Å². The van der Waals surface area contributed by atoms with Gasteiger partial charge < -0.3 is 5.32 Å². The lowest BCUT2D eigenvalue weighted by molar-refractivity contribution is 0.171. The molecule has 0 spiro atoms. The van der Waals surface area contributed by atoms with Crippen LogP contribution >= 0.6 is 11.6 Å². The van der Waals surface area contributed by atoms with E-state index in [1.54, 1.807) is 5.54 Å². The molecule has 0 saturated heterocycles. The summed E-state index contributed by atoms with van der Waals surface area (Å²) in [4.78, 5) is 0. The fraction of sp³-hybridized carbons (Fsp3) is 0.833. The third-order valence-electron chi connectivity index (χ3n) is 3.32. The molecule has 82 valence electrons. The van der Waals surface area contributed by atoms with Crippen molar-refractivity contribution in [3.8, 4) is 0 Å². The number of nitrogens with one attached hydrogen (secondary N) is 1. The zero-order valence-electron chi connectivity index (χ0n) is 9.57. The predicted molar refractivity (Wildman–Crippen MR) is 63.6 cm³/mol. The summed E-state index contributed by atoms with van der Waals surface area (Å²) in [6, 6.07) is 0.655. The largest absolute Gasteiger partial charge is 0.310 e. The minimum absolute atomic E-state index is 0.449. The molecule has 1 N–H and O–H groups in total. The van der Waals surface area contributed by atoms with Gasteiger partial charge >= 0.3 is 0 Å². The first-order chi connectivity index (χ1) is 6.56. The van der Waals surface area contributed by atoms with Crippen molar-refractivity contribution in [3.05, 3.63) is 11.1 Å². The van der Waals surface area contributed by atoms with Crippen molar-refractivity contribution < 1.29 is 0 Å². The Hall–Kier alpha value is -0.0100. The maximum Gasteiger partial charge on any atom is 0.0176 e. The molecule has 1 unspecified atom stereocenters. The van der Waals surface area contributed by atoms with Gasteiger partial charge in [0.15, 0.2) is 0 Å². The van der Waals surface area contributed by atoms with Gasteiger partial charge in [0.2, 0.25) is 0 Å². The van der Waals surface area contributed by atoms with Gasteiger partial charge in [0, 0.05) is 18.1 Å². The van der Waals surface area contributed by atoms with Gasteiger partial charge in [0.05, 0.1) is 0 Å². The van der Waals surface area contributed by atoms with Crippen LogP contribution in [0, 0.1) is 5.41 Å². The van der Waals surface area contributed by atoms with Crippen LogP contribution in [0.4, 0.5) is 0 Å². The lowest BCUT2D eigenvalue weighted by Gasteiger charge is -2.39. The van der Waals surface area contributed by atoms with E-state index in [9.17, 15) is 0 Å². The van der Waals surface area contributed by atoms with Gasteiger partial charge in [0.1, 0.15) is 0 Å². The third-order valence-corrected chi connectivity index (χ3v) is 3.69. The Bertz CT molecular complexity index is 208. The van der Waals surface area contributed by atoms with Crippen molar-refractivity contribution in [3.63, 3.8) is 0 Å². The summed E-state index contributed by atoms with van der Waals surface area (Å²) in [5.74, 6) is 0. The first-order valence-electron chi connectivity index (χ1n) is 5.55. The summed E-state index contributed by atoms with van der Waals surface area (Å²) in [6.07, 6.45) is 5.40. The first kappa shape index (κ1) is 12.1. The molecule has 1 fully saturated rings. The summed E-state index contributed by atoms with van der Waals surface area (Å²) in [5.41, 5.74) is 3.33. The quantitative estimate of drug-likeness (QED) is 0.758. The average Bonchev–Trinajstić information content (AvgIpc) is 2.15. The van der Waals surface area contributed by atoms with Crippen LogP contribution in [-0.2, 0) is 0 Å². The molecule has 0 amide bonds. The Morgan fingerprint density at radius 2 is 2.21 bits per heavy atom. The van der Waals surface area contributed by atoms with Crippen molar-refractivity contribution >= 4 is 11.6 Å². The molecule has 0 aromatic heterocycles. The highest BCUT2D eigenvalue weighted by atomic mass is 35.5. The van der Waals surface area contributed by atoms with Crippen LogP contribution in [0.3, 0.4) is 0 Å². The van der Waals surface area contributed by atoms with E-state index in [2.05, 4.69) is 26.1 Å². The maximum absolute atomic E-state index is 5.64. The molecule has 2 heteroatoms. The van der Waals surface area contributed by atoms with E-state index in [-0.39, 0.29) is 0 Å². The van der Waals surface area contributed by atoms with Crippen molar-refractivity contribution in [1.29, 1.82) is 0 Å². The Balaban J connectivity index is 2.42. The molecule has 0 bridgehead atoms. The van der Waals surface area contributed by atoms with E-state index in [0.717, 1.165) is 6.54 Å². The molecule has 1 atom stereocenters. The van der Waals surface area contributed by atoms with Crippen LogP contribution in [0.2, 0.25) is 0 Å². The maximum atomic E-state index is 5.64. The summed E-state index contributed by atoms with van der Waals surface area (Å²) in [6.45, 7) is 7.72. The fourth-order valence-corrected chi connectivity index (χ4v) is 2.27. The summed E-state index contributed by atoms with van der Waals surface area (Å²) in [7, 11) is 0. The topological polar surface area (TPSA) is 12.0 Å². The smallest absolute Gasteiger partial charge is 0.0176 e. The van der Waals surface area contributed by atoms with Crippen molar-refractivity contribution in [2.24, 2.45) is 5.41 Å². The number of rotatable bonds is 3. The second-order valence-corrected chi connectivity index (χ2v) is 5.34. The standard InChI is InChI=1S/C12H22ClN/c1-10(8-13)9-14-11-6-4-5-7-12(11,2)3/h8,11,14H,4-7,9H2,1-3H3/b10-8+. The fourth-order valence-electron chi connectivity index (χ4n) is 2.20. The van der Waals surface area contributed by atoms with E-state index >= 15 is 0 Å².